The predicted octanol–water partition coefficient (Wildman–Crippen LogP) is 5.48. The summed E-state index contributed by atoms with van der Waals surface area (Å²) in [5.41, 5.74) is 4.38. The van der Waals surface area contributed by atoms with Crippen LogP contribution in [0, 0.1) is 0 Å². The van der Waals surface area contributed by atoms with Gasteiger partial charge in [-0.2, -0.15) is 0 Å². The number of carbonyl (C=O) groups is 2. The number of fused-ring (bicyclic) bond motifs is 4. The second kappa shape index (κ2) is 13.2. The maximum absolute atomic E-state index is 14.1. The van der Waals surface area contributed by atoms with Gasteiger partial charge in [-0.15, -0.1) is 0 Å². The van der Waals surface area contributed by atoms with Crippen molar-refractivity contribution in [1.82, 2.24) is 10.2 Å². The van der Waals surface area contributed by atoms with Crippen molar-refractivity contribution < 1.29 is 28.5 Å². The van der Waals surface area contributed by atoms with Crippen LogP contribution in [-0.4, -0.2) is 56.2 Å². The highest BCUT2D eigenvalue weighted by atomic mass is 16.5. The Labute approximate surface area is 247 Å². The summed E-state index contributed by atoms with van der Waals surface area (Å²) in [5, 5.41) is 3.18. The average molecular weight is 573 g/mol. The van der Waals surface area contributed by atoms with E-state index < -0.39 is 12.0 Å². The first kappa shape index (κ1) is 29.3. The summed E-state index contributed by atoms with van der Waals surface area (Å²) in [6.07, 6.45) is 1.31. The van der Waals surface area contributed by atoms with Crippen LogP contribution < -0.4 is 24.3 Å². The maximum atomic E-state index is 14.1. The molecule has 3 aromatic rings. The van der Waals surface area contributed by atoms with Gasteiger partial charge < -0.3 is 29.2 Å². The van der Waals surface area contributed by atoms with Gasteiger partial charge in [0.25, 0.3) is 5.91 Å². The minimum absolute atomic E-state index is 0.0463. The first-order chi connectivity index (χ1) is 20.5. The first-order valence-electron chi connectivity index (χ1n) is 15.0. The minimum Gasteiger partial charge on any atom is -0.490 e. The largest absolute Gasteiger partial charge is 0.490 e. The molecule has 2 aliphatic heterocycles. The smallest absolute Gasteiger partial charge is 0.254 e. The molecule has 8 nitrogen and oxygen atoms in total. The minimum atomic E-state index is -0.565. The Bertz CT molecular complexity index is 1440. The zero-order chi connectivity index (χ0) is 29.6. The summed E-state index contributed by atoms with van der Waals surface area (Å²) in [7, 11) is 0. The van der Waals surface area contributed by atoms with Crippen LogP contribution >= 0.6 is 0 Å². The number of hydrogen-bond donors (Lipinski definition) is 1. The molecule has 0 unspecified atom stereocenters. The molecule has 2 aliphatic rings. The Morgan fingerprint density at radius 2 is 1.45 bits per heavy atom. The summed E-state index contributed by atoms with van der Waals surface area (Å²) < 4.78 is 23.3. The molecule has 222 valence electrons. The predicted molar refractivity (Wildman–Crippen MR) is 161 cm³/mol. The van der Waals surface area contributed by atoms with Crippen LogP contribution in [0.1, 0.15) is 72.3 Å². The van der Waals surface area contributed by atoms with Crippen LogP contribution in [0.25, 0.3) is 0 Å². The number of benzene rings is 3. The lowest BCUT2D eigenvalue weighted by molar-refractivity contribution is -0.124. The zero-order valence-electron chi connectivity index (χ0n) is 24.9. The van der Waals surface area contributed by atoms with Gasteiger partial charge in [0.1, 0.15) is 0 Å². The van der Waals surface area contributed by atoms with E-state index in [1.54, 1.807) is 0 Å². The molecule has 42 heavy (non-hydrogen) atoms. The molecular formula is C34H40N2O6. The monoisotopic (exact) mass is 572 g/mol. The van der Waals surface area contributed by atoms with Crippen molar-refractivity contribution in [2.75, 3.05) is 39.5 Å². The average Bonchev–Trinajstić information content (AvgIpc) is 2.99. The number of hydrogen-bond acceptors (Lipinski definition) is 6. The molecule has 5 rings (SSSR count). The summed E-state index contributed by atoms with van der Waals surface area (Å²) in [6.45, 7) is 10.8. The van der Waals surface area contributed by atoms with Crippen LogP contribution in [0.4, 0.5) is 0 Å². The van der Waals surface area contributed by atoms with E-state index >= 15 is 0 Å². The summed E-state index contributed by atoms with van der Waals surface area (Å²) >= 11 is 0. The van der Waals surface area contributed by atoms with Crippen LogP contribution in [0.3, 0.4) is 0 Å². The third kappa shape index (κ3) is 5.75. The standard InChI is InChI=1S/C34H40N2O6/c1-5-39-27-14-13-22(19-28(27)40-6-2)15-17-35-33(37)31-24-11-9-10-12-25(24)34(38)36-18-16-23-20-29(41-7-3)30(42-8-4)21-26(23)32(31)36/h9-14,19-21,31-32H,5-8,15-18H2,1-4H3,(H,35,37)/t31-,32-/m1/s1. The molecule has 0 aromatic heterocycles. The summed E-state index contributed by atoms with van der Waals surface area (Å²) in [5.74, 6) is 2.02. The second-order valence-corrected chi connectivity index (χ2v) is 10.3. The number of ether oxygens (including phenoxy) is 4. The van der Waals surface area contributed by atoms with E-state index in [4.69, 9.17) is 18.9 Å². The third-order valence-corrected chi connectivity index (χ3v) is 7.79. The molecule has 1 N–H and O–H groups in total. The molecule has 0 radical (unpaired) electrons. The van der Waals surface area contributed by atoms with Crippen molar-refractivity contribution in [3.63, 3.8) is 0 Å². The highest BCUT2D eigenvalue weighted by molar-refractivity contribution is 6.01. The summed E-state index contributed by atoms with van der Waals surface area (Å²) in [4.78, 5) is 29.6. The fourth-order valence-electron chi connectivity index (χ4n) is 6.04. The van der Waals surface area contributed by atoms with Gasteiger partial charge in [-0.1, -0.05) is 24.3 Å². The molecule has 0 bridgehead atoms. The van der Waals surface area contributed by atoms with Gasteiger partial charge in [0.05, 0.1) is 38.4 Å². The molecule has 0 aliphatic carbocycles. The lowest BCUT2D eigenvalue weighted by atomic mass is 9.75. The lowest BCUT2D eigenvalue weighted by Gasteiger charge is -2.45. The fourth-order valence-corrected chi connectivity index (χ4v) is 6.04. The zero-order valence-corrected chi connectivity index (χ0v) is 24.9. The van der Waals surface area contributed by atoms with E-state index in [0.717, 1.165) is 22.3 Å². The third-order valence-electron chi connectivity index (χ3n) is 7.79. The van der Waals surface area contributed by atoms with Gasteiger partial charge in [0, 0.05) is 18.7 Å². The molecule has 2 amide bonds. The Kier molecular flexibility index (Phi) is 9.20. The molecule has 0 spiro atoms. The molecular weight excluding hydrogens is 532 g/mol. The van der Waals surface area contributed by atoms with Gasteiger partial charge in [0.2, 0.25) is 5.91 Å². The molecule has 2 atom stereocenters. The van der Waals surface area contributed by atoms with E-state index in [0.29, 0.717) is 80.9 Å². The van der Waals surface area contributed by atoms with Gasteiger partial charge in [-0.25, -0.2) is 0 Å². The van der Waals surface area contributed by atoms with E-state index in [1.807, 2.05) is 87.2 Å². The van der Waals surface area contributed by atoms with E-state index in [9.17, 15) is 9.59 Å². The Morgan fingerprint density at radius 3 is 2.17 bits per heavy atom. The van der Waals surface area contributed by atoms with Gasteiger partial charge in [0.15, 0.2) is 23.0 Å². The molecule has 8 heteroatoms. The number of amides is 2. The fraction of sp³-hybridized carbons (Fsp3) is 0.412. The highest BCUT2D eigenvalue weighted by Crippen LogP contribution is 2.48. The topological polar surface area (TPSA) is 86.3 Å². The van der Waals surface area contributed by atoms with Crippen molar-refractivity contribution in [3.05, 3.63) is 82.4 Å². The normalized spacial score (nSPS) is 17.0. The number of nitrogens with zero attached hydrogens (tertiary/aromatic N) is 1. The molecule has 2 heterocycles. The molecule has 0 saturated carbocycles. The quantitative estimate of drug-likeness (QED) is 0.310. The Hall–Kier alpha value is -4.20. The van der Waals surface area contributed by atoms with Crippen molar-refractivity contribution >= 4 is 11.8 Å². The van der Waals surface area contributed by atoms with Crippen LogP contribution in [-0.2, 0) is 17.6 Å². The van der Waals surface area contributed by atoms with Gasteiger partial charge in [-0.3, -0.25) is 9.59 Å². The van der Waals surface area contributed by atoms with Crippen molar-refractivity contribution in [1.29, 1.82) is 0 Å². The van der Waals surface area contributed by atoms with E-state index in [1.165, 1.54) is 0 Å². The SMILES string of the molecule is CCOc1ccc(CCNC(=O)[C@@H]2c3ccccc3C(=O)N3CCc4cc(OCC)c(OCC)cc4[C@H]23)cc1OCC. The number of carbonyl (C=O) groups excluding carboxylic acids is 2. The first-order valence-corrected chi connectivity index (χ1v) is 15.0. The van der Waals surface area contributed by atoms with Crippen molar-refractivity contribution in [2.45, 2.75) is 52.5 Å². The molecule has 0 saturated heterocycles. The van der Waals surface area contributed by atoms with Gasteiger partial charge >= 0.3 is 0 Å². The van der Waals surface area contributed by atoms with Crippen molar-refractivity contribution in [3.8, 4) is 23.0 Å². The van der Waals surface area contributed by atoms with Crippen LogP contribution in [0.2, 0.25) is 0 Å². The Morgan fingerprint density at radius 1 is 0.810 bits per heavy atom. The maximum Gasteiger partial charge on any atom is 0.254 e. The second-order valence-electron chi connectivity index (χ2n) is 10.3. The number of nitrogens with one attached hydrogen (secondary N) is 1. The molecule has 3 aromatic carbocycles. The van der Waals surface area contributed by atoms with Crippen LogP contribution in [0.5, 0.6) is 23.0 Å². The lowest BCUT2D eigenvalue weighted by Crippen LogP contribution is -2.50. The van der Waals surface area contributed by atoms with Gasteiger partial charge in [-0.05, 0) is 93.1 Å². The van der Waals surface area contributed by atoms with E-state index in [-0.39, 0.29) is 11.8 Å². The number of rotatable bonds is 12. The van der Waals surface area contributed by atoms with Crippen molar-refractivity contribution in [2.24, 2.45) is 0 Å². The van der Waals surface area contributed by atoms with E-state index in [2.05, 4.69) is 5.32 Å². The Balaban J connectivity index is 1.44. The van der Waals surface area contributed by atoms with Crippen LogP contribution in [0.15, 0.2) is 54.6 Å². The molecule has 0 fully saturated rings. The summed E-state index contributed by atoms with van der Waals surface area (Å²) in [6, 6.07) is 16.9. The highest BCUT2D eigenvalue weighted by Gasteiger charge is 2.46.